The number of aliphatic hydroxyl groups is 1. The largest absolute Gasteiger partial charge is 0.377 e. The molecule has 236 valence electrons. The molecule has 2 unspecified atom stereocenters. The fourth-order valence-electron chi connectivity index (χ4n) is 6.02. The molecular weight excluding hydrogens is 591 g/mol. The highest BCUT2D eigenvalue weighted by molar-refractivity contribution is 6.84. The Morgan fingerprint density at radius 2 is 1.29 bits per heavy atom. The Bertz CT molecular complexity index is 1900. The molecule has 0 aliphatic heterocycles. The summed E-state index contributed by atoms with van der Waals surface area (Å²) >= 11 is 0. The van der Waals surface area contributed by atoms with E-state index in [1.54, 1.807) is 6.92 Å². The second-order valence-electron chi connectivity index (χ2n) is 15.1. The Hall–Kier alpha value is -3.64. The third-order valence-corrected chi connectivity index (χ3v) is 9.95. The molecule has 2 N–H and O–H groups in total. The SMILES string of the molecule is CC(=O)NC1(C#C[Si](C)(C)C)CCc2nn3cc(C)ccc3c2C1.Cc1ccc2c3c(nn2c1)CCC(O)(C#C[Si](C)(C)C)C3. The van der Waals surface area contributed by atoms with Crippen molar-refractivity contribution in [2.45, 2.75) is 110 Å². The normalized spacial score (nSPS) is 20.9. The number of nitrogens with one attached hydrogen (secondary N) is 1. The summed E-state index contributed by atoms with van der Waals surface area (Å²) in [6, 6.07) is 8.42. The first-order valence-electron chi connectivity index (χ1n) is 16.0. The van der Waals surface area contributed by atoms with E-state index in [4.69, 9.17) is 5.10 Å². The van der Waals surface area contributed by atoms with E-state index >= 15 is 0 Å². The number of amides is 1. The van der Waals surface area contributed by atoms with Crippen molar-refractivity contribution in [2.75, 3.05) is 0 Å². The van der Waals surface area contributed by atoms with Crippen LogP contribution in [0.4, 0.5) is 0 Å². The Balaban J connectivity index is 0.000000179. The molecule has 2 aliphatic carbocycles. The topological polar surface area (TPSA) is 83.9 Å². The van der Waals surface area contributed by atoms with Crippen molar-refractivity contribution >= 4 is 33.1 Å². The molecule has 0 radical (unpaired) electrons. The van der Waals surface area contributed by atoms with Gasteiger partial charge in [-0.3, -0.25) is 4.79 Å². The van der Waals surface area contributed by atoms with Crippen molar-refractivity contribution in [3.8, 4) is 22.9 Å². The van der Waals surface area contributed by atoms with E-state index in [9.17, 15) is 9.90 Å². The Morgan fingerprint density at radius 3 is 1.80 bits per heavy atom. The van der Waals surface area contributed by atoms with Gasteiger partial charge in [0.15, 0.2) is 0 Å². The molecule has 0 saturated carbocycles. The number of nitrogens with zero attached hydrogens (tertiary/aromatic N) is 4. The van der Waals surface area contributed by atoms with Gasteiger partial charge in [-0.1, -0.05) is 63.3 Å². The van der Waals surface area contributed by atoms with Crippen molar-refractivity contribution < 1.29 is 9.90 Å². The summed E-state index contributed by atoms with van der Waals surface area (Å²) in [6.45, 7) is 19.0. The lowest BCUT2D eigenvalue weighted by Crippen LogP contribution is -2.50. The molecule has 6 rings (SSSR count). The number of hydrogen-bond acceptors (Lipinski definition) is 4. The number of pyridine rings is 2. The molecule has 4 aromatic heterocycles. The number of aromatic nitrogens is 4. The number of carbonyl (C=O) groups excluding carboxylic acids is 1. The Labute approximate surface area is 269 Å². The Kier molecular flexibility index (Phi) is 8.69. The predicted octanol–water partition coefficient (Wildman–Crippen LogP) is 5.63. The van der Waals surface area contributed by atoms with Gasteiger partial charge < -0.3 is 10.4 Å². The van der Waals surface area contributed by atoms with Gasteiger partial charge in [0, 0.05) is 43.3 Å². The van der Waals surface area contributed by atoms with Crippen LogP contribution in [-0.4, -0.2) is 57.5 Å². The molecule has 7 nitrogen and oxygen atoms in total. The zero-order valence-electron chi connectivity index (χ0n) is 28.4. The molecule has 4 aromatic rings. The maximum atomic E-state index is 11.8. The van der Waals surface area contributed by atoms with Crippen LogP contribution in [-0.2, 0) is 30.5 Å². The standard InChI is InChI=1S/C19H25N3OSi.C17H22N2OSi/c1-14-6-7-18-16-12-19(20-15(2)23,10-11-24(3,4)5)9-8-17(16)21-22(18)13-14;1-13-5-6-16-14-11-17(20,9-10-21(2,3)4)8-7-15(14)18-19(16)12-13/h6-7,13H,8-9,12H2,1-5H3,(H,20,23);5-6,12,20H,7-8,11H2,1-4H3. The highest BCUT2D eigenvalue weighted by Crippen LogP contribution is 2.32. The lowest BCUT2D eigenvalue weighted by Gasteiger charge is -2.33. The molecule has 0 spiro atoms. The van der Waals surface area contributed by atoms with Crippen LogP contribution in [0, 0.1) is 36.8 Å². The van der Waals surface area contributed by atoms with Crippen LogP contribution < -0.4 is 5.32 Å². The third-order valence-electron chi connectivity index (χ3n) is 8.20. The zero-order valence-corrected chi connectivity index (χ0v) is 30.4. The Morgan fingerprint density at radius 1 is 0.800 bits per heavy atom. The van der Waals surface area contributed by atoms with Gasteiger partial charge in [0.1, 0.15) is 27.3 Å². The van der Waals surface area contributed by atoms with Gasteiger partial charge >= 0.3 is 0 Å². The first kappa shape index (κ1) is 32.7. The molecule has 9 heteroatoms. The van der Waals surface area contributed by atoms with Crippen molar-refractivity contribution in [1.29, 1.82) is 0 Å². The third kappa shape index (κ3) is 7.78. The maximum Gasteiger partial charge on any atom is 0.218 e. The first-order valence-corrected chi connectivity index (χ1v) is 23.0. The molecular formula is C36H47N5O2Si2. The van der Waals surface area contributed by atoms with Crippen LogP contribution in [0.3, 0.4) is 0 Å². The minimum Gasteiger partial charge on any atom is -0.377 e. The van der Waals surface area contributed by atoms with Crippen LogP contribution in [0.15, 0.2) is 36.7 Å². The minimum absolute atomic E-state index is 0.0179. The van der Waals surface area contributed by atoms with Crippen molar-refractivity contribution in [1.82, 2.24) is 24.5 Å². The van der Waals surface area contributed by atoms with Crippen molar-refractivity contribution in [3.63, 3.8) is 0 Å². The molecule has 0 aromatic carbocycles. The van der Waals surface area contributed by atoms with E-state index in [-0.39, 0.29) is 5.91 Å². The van der Waals surface area contributed by atoms with E-state index in [1.165, 1.54) is 16.7 Å². The summed E-state index contributed by atoms with van der Waals surface area (Å²) in [4.78, 5) is 11.8. The van der Waals surface area contributed by atoms with Crippen molar-refractivity contribution in [2.24, 2.45) is 0 Å². The van der Waals surface area contributed by atoms with Gasteiger partial charge in [0.25, 0.3) is 0 Å². The van der Waals surface area contributed by atoms with Gasteiger partial charge in [-0.15, -0.1) is 11.1 Å². The highest BCUT2D eigenvalue weighted by Gasteiger charge is 2.37. The lowest BCUT2D eigenvalue weighted by molar-refractivity contribution is -0.120. The molecule has 45 heavy (non-hydrogen) atoms. The number of fused-ring (bicyclic) bond motifs is 6. The summed E-state index contributed by atoms with van der Waals surface area (Å²) in [7, 11) is -2.98. The minimum atomic E-state index is -1.51. The summed E-state index contributed by atoms with van der Waals surface area (Å²) in [6.07, 6.45) is 8.56. The average Bonchev–Trinajstić information content (AvgIpc) is 3.46. The molecule has 4 heterocycles. The van der Waals surface area contributed by atoms with Gasteiger partial charge in [-0.2, -0.15) is 10.2 Å². The van der Waals surface area contributed by atoms with Crippen LogP contribution in [0.2, 0.25) is 39.3 Å². The van der Waals surface area contributed by atoms with Gasteiger partial charge in [0.2, 0.25) is 5.91 Å². The molecule has 0 saturated heterocycles. The fraction of sp³-hybridized carbons (Fsp3) is 0.472. The molecule has 2 atom stereocenters. The van der Waals surface area contributed by atoms with Gasteiger partial charge in [0.05, 0.1) is 22.4 Å². The first-order chi connectivity index (χ1) is 20.9. The molecule has 0 bridgehead atoms. The average molecular weight is 638 g/mol. The van der Waals surface area contributed by atoms with Crippen LogP contribution in [0.25, 0.3) is 11.0 Å². The number of carbonyl (C=O) groups is 1. The van der Waals surface area contributed by atoms with Crippen molar-refractivity contribution in [3.05, 3.63) is 70.3 Å². The van der Waals surface area contributed by atoms with E-state index in [2.05, 4.69) is 117 Å². The molecule has 2 aliphatic rings. The van der Waals surface area contributed by atoms with E-state index in [0.717, 1.165) is 53.7 Å². The molecule has 0 fully saturated rings. The summed E-state index contributed by atoms with van der Waals surface area (Å²) in [5.41, 5.74) is 14.7. The van der Waals surface area contributed by atoms with Gasteiger partial charge in [-0.25, -0.2) is 9.03 Å². The van der Waals surface area contributed by atoms with Crippen LogP contribution in [0.5, 0.6) is 0 Å². The second kappa shape index (κ2) is 11.9. The molecule has 1 amide bonds. The quantitative estimate of drug-likeness (QED) is 0.209. The zero-order chi connectivity index (χ0) is 32.8. The maximum absolute atomic E-state index is 11.8. The van der Waals surface area contributed by atoms with Crippen LogP contribution in [0.1, 0.15) is 53.4 Å². The van der Waals surface area contributed by atoms with E-state index in [0.29, 0.717) is 12.8 Å². The summed E-state index contributed by atoms with van der Waals surface area (Å²) in [5, 5.41) is 23.4. The predicted molar refractivity (Wildman–Crippen MR) is 188 cm³/mol. The number of rotatable bonds is 1. The van der Waals surface area contributed by atoms with Gasteiger partial charge in [-0.05, 0) is 62.8 Å². The monoisotopic (exact) mass is 637 g/mol. The second-order valence-corrected chi connectivity index (χ2v) is 24.6. The summed E-state index contributed by atoms with van der Waals surface area (Å²) in [5.74, 6) is 6.61. The van der Waals surface area contributed by atoms with E-state index in [1.807, 2.05) is 15.2 Å². The van der Waals surface area contributed by atoms with Crippen LogP contribution >= 0.6 is 0 Å². The number of aryl methyl sites for hydroxylation is 4. The fourth-order valence-corrected chi connectivity index (χ4v) is 7.24. The van der Waals surface area contributed by atoms with E-state index < -0.39 is 27.3 Å². The highest BCUT2D eigenvalue weighted by atomic mass is 28.3. The smallest absolute Gasteiger partial charge is 0.218 e. The summed E-state index contributed by atoms with van der Waals surface area (Å²) < 4.78 is 3.91. The lowest BCUT2D eigenvalue weighted by atomic mass is 9.80. The number of hydrogen-bond donors (Lipinski definition) is 2.